The number of nitrogens with one attached hydrogen (secondary N) is 1. The molecular weight excluding hydrogens is 350 g/mol. The molecule has 0 amide bonds. The highest BCUT2D eigenvalue weighted by Gasteiger charge is 2.45. The Morgan fingerprint density at radius 3 is 2.62 bits per heavy atom. The van der Waals surface area contributed by atoms with Gasteiger partial charge in [0.05, 0.1) is 6.61 Å². The van der Waals surface area contributed by atoms with Gasteiger partial charge in [-0.2, -0.15) is 0 Å². The fourth-order valence-electron chi connectivity index (χ4n) is 3.33. The van der Waals surface area contributed by atoms with Crippen molar-refractivity contribution in [3.63, 3.8) is 0 Å². The van der Waals surface area contributed by atoms with E-state index in [1.807, 2.05) is 64.2 Å². The van der Waals surface area contributed by atoms with Crippen LogP contribution in [0.15, 0.2) is 42.5 Å². The van der Waals surface area contributed by atoms with Crippen LogP contribution in [0.2, 0.25) is 5.02 Å². The molecule has 2 atom stereocenters. The summed E-state index contributed by atoms with van der Waals surface area (Å²) in [6.07, 6.45) is -0.479. The molecule has 0 fully saturated rings. The summed E-state index contributed by atoms with van der Waals surface area (Å²) in [7, 11) is 1.90. The molecule has 140 valence electrons. The second-order valence-electron chi connectivity index (χ2n) is 6.91. The van der Waals surface area contributed by atoms with E-state index in [0.717, 1.165) is 22.6 Å². The van der Waals surface area contributed by atoms with Crippen molar-refractivity contribution in [2.24, 2.45) is 0 Å². The van der Waals surface area contributed by atoms with Crippen molar-refractivity contribution in [3.05, 3.63) is 58.6 Å². The first kappa shape index (κ1) is 19.0. The summed E-state index contributed by atoms with van der Waals surface area (Å²) in [5.74, 6) is 0.838. The Bertz CT molecular complexity index is 763. The standard InChI is InChI=1S/C21H26ClNO3/c1-5-24-19-16-12-15(23-4)10-11-18(16)26-21(2,3)20(19)25-13-14-8-6-7-9-17(14)22/h6-12,19-20,23H,5,13H2,1-4H3. The van der Waals surface area contributed by atoms with Gasteiger partial charge in [-0.3, -0.25) is 0 Å². The van der Waals surface area contributed by atoms with Crippen LogP contribution in [0.25, 0.3) is 0 Å². The summed E-state index contributed by atoms with van der Waals surface area (Å²) >= 11 is 6.28. The summed E-state index contributed by atoms with van der Waals surface area (Å²) in [5, 5.41) is 3.87. The normalized spacial score (nSPS) is 21.0. The molecular formula is C21H26ClNO3. The summed E-state index contributed by atoms with van der Waals surface area (Å²) < 4.78 is 18.7. The van der Waals surface area contributed by atoms with Crippen LogP contribution in [0.3, 0.4) is 0 Å². The molecule has 2 aromatic carbocycles. The highest BCUT2D eigenvalue weighted by Crippen LogP contribution is 2.44. The monoisotopic (exact) mass is 375 g/mol. The number of hydrogen-bond acceptors (Lipinski definition) is 4. The molecule has 1 aliphatic heterocycles. The van der Waals surface area contributed by atoms with Crippen LogP contribution < -0.4 is 10.1 Å². The molecule has 2 aromatic rings. The molecule has 0 bridgehead atoms. The van der Waals surface area contributed by atoms with E-state index in [-0.39, 0.29) is 12.2 Å². The van der Waals surface area contributed by atoms with E-state index in [9.17, 15) is 0 Å². The Morgan fingerprint density at radius 1 is 1.15 bits per heavy atom. The lowest BCUT2D eigenvalue weighted by atomic mass is 9.87. The number of ether oxygens (including phenoxy) is 3. The van der Waals surface area contributed by atoms with E-state index in [0.29, 0.717) is 18.2 Å². The minimum Gasteiger partial charge on any atom is -0.485 e. The molecule has 0 saturated heterocycles. The van der Waals surface area contributed by atoms with Crippen molar-refractivity contribution < 1.29 is 14.2 Å². The van der Waals surface area contributed by atoms with Gasteiger partial charge in [0.15, 0.2) is 0 Å². The Hall–Kier alpha value is -1.75. The topological polar surface area (TPSA) is 39.7 Å². The van der Waals surface area contributed by atoms with Crippen molar-refractivity contribution in [2.75, 3.05) is 19.0 Å². The molecule has 1 heterocycles. The minimum atomic E-state index is -0.532. The van der Waals surface area contributed by atoms with Crippen molar-refractivity contribution in [2.45, 2.75) is 45.2 Å². The second-order valence-corrected chi connectivity index (χ2v) is 7.31. The Morgan fingerprint density at radius 2 is 1.92 bits per heavy atom. The first-order valence-electron chi connectivity index (χ1n) is 8.93. The summed E-state index contributed by atoms with van der Waals surface area (Å²) in [5.41, 5.74) is 2.44. The van der Waals surface area contributed by atoms with Crippen molar-refractivity contribution in [1.82, 2.24) is 0 Å². The first-order chi connectivity index (χ1) is 12.5. The van der Waals surface area contributed by atoms with E-state index in [2.05, 4.69) is 11.4 Å². The van der Waals surface area contributed by atoms with Crippen molar-refractivity contribution >= 4 is 17.3 Å². The van der Waals surface area contributed by atoms with Gasteiger partial charge in [-0.1, -0.05) is 29.8 Å². The molecule has 0 aliphatic carbocycles. The van der Waals surface area contributed by atoms with Crippen LogP contribution in [0, 0.1) is 0 Å². The third-order valence-electron chi connectivity index (χ3n) is 4.66. The van der Waals surface area contributed by atoms with Gasteiger partial charge in [0.2, 0.25) is 0 Å². The molecule has 2 unspecified atom stereocenters. The quantitative estimate of drug-likeness (QED) is 0.751. The highest BCUT2D eigenvalue weighted by molar-refractivity contribution is 6.31. The number of hydrogen-bond donors (Lipinski definition) is 1. The molecule has 0 radical (unpaired) electrons. The minimum absolute atomic E-state index is 0.213. The number of halogens is 1. The molecule has 5 heteroatoms. The molecule has 0 spiro atoms. The zero-order chi connectivity index (χ0) is 18.7. The largest absolute Gasteiger partial charge is 0.485 e. The maximum absolute atomic E-state index is 6.31. The summed E-state index contributed by atoms with van der Waals surface area (Å²) in [6, 6.07) is 13.8. The molecule has 1 aliphatic rings. The third kappa shape index (κ3) is 3.83. The van der Waals surface area contributed by atoms with Crippen LogP contribution in [-0.4, -0.2) is 25.4 Å². The zero-order valence-electron chi connectivity index (χ0n) is 15.7. The number of rotatable bonds is 6. The maximum atomic E-state index is 6.31. The van der Waals surface area contributed by atoms with E-state index in [1.54, 1.807) is 0 Å². The van der Waals surface area contributed by atoms with Crippen molar-refractivity contribution in [3.8, 4) is 5.75 Å². The predicted molar refractivity (Wildman–Crippen MR) is 105 cm³/mol. The Balaban J connectivity index is 1.91. The SMILES string of the molecule is CCOC1c2cc(NC)ccc2OC(C)(C)C1OCc1ccccc1Cl. The zero-order valence-corrected chi connectivity index (χ0v) is 16.5. The van der Waals surface area contributed by atoms with Crippen LogP contribution in [0.5, 0.6) is 5.75 Å². The number of benzene rings is 2. The fourth-order valence-corrected chi connectivity index (χ4v) is 3.52. The molecule has 26 heavy (non-hydrogen) atoms. The Labute approximate surface area is 160 Å². The van der Waals surface area contributed by atoms with E-state index in [4.69, 9.17) is 25.8 Å². The average molecular weight is 376 g/mol. The van der Waals surface area contributed by atoms with E-state index >= 15 is 0 Å². The fraction of sp³-hybridized carbons (Fsp3) is 0.429. The highest BCUT2D eigenvalue weighted by atomic mass is 35.5. The lowest BCUT2D eigenvalue weighted by Crippen LogP contribution is -2.51. The summed E-state index contributed by atoms with van der Waals surface area (Å²) in [4.78, 5) is 0. The van der Waals surface area contributed by atoms with Gasteiger partial charge in [-0.25, -0.2) is 0 Å². The van der Waals surface area contributed by atoms with Gasteiger partial charge in [0.1, 0.15) is 23.6 Å². The molecule has 0 aromatic heterocycles. The summed E-state index contributed by atoms with van der Waals surface area (Å²) in [6.45, 7) is 7.06. The third-order valence-corrected chi connectivity index (χ3v) is 5.03. The first-order valence-corrected chi connectivity index (χ1v) is 9.31. The van der Waals surface area contributed by atoms with Gasteiger partial charge >= 0.3 is 0 Å². The predicted octanol–water partition coefficient (Wildman–Crippen LogP) is 5.22. The van der Waals surface area contributed by atoms with Crippen LogP contribution >= 0.6 is 11.6 Å². The van der Waals surface area contributed by atoms with Gasteiger partial charge < -0.3 is 19.5 Å². The molecule has 4 nitrogen and oxygen atoms in total. The molecule has 3 rings (SSSR count). The van der Waals surface area contributed by atoms with Crippen LogP contribution in [0.4, 0.5) is 5.69 Å². The molecule has 0 saturated carbocycles. The van der Waals surface area contributed by atoms with Crippen LogP contribution in [-0.2, 0) is 16.1 Å². The van der Waals surface area contributed by atoms with Crippen molar-refractivity contribution in [1.29, 1.82) is 0 Å². The second kappa shape index (κ2) is 7.87. The average Bonchev–Trinajstić information content (AvgIpc) is 2.62. The van der Waals surface area contributed by atoms with Gasteiger partial charge in [0.25, 0.3) is 0 Å². The lowest BCUT2D eigenvalue weighted by molar-refractivity contribution is -0.165. The van der Waals surface area contributed by atoms with Crippen LogP contribution in [0.1, 0.15) is 38.0 Å². The van der Waals surface area contributed by atoms with Gasteiger partial charge in [-0.05, 0) is 50.6 Å². The van der Waals surface area contributed by atoms with Gasteiger partial charge in [0, 0.05) is 29.9 Å². The Kier molecular flexibility index (Phi) is 5.76. The van der Waals surface area contributed by atoms with E-state index in [1.165, 1.54) is 0 Å². The molecule has 1 N–H and O–H groups in total. The van der Waals surface area contributed by atoms with E-state index < -0.39 is 5.60 Å². The smallest absolute Gasteiger partial charge is 0.132 e. The van der Waals surface area contributed by atoms with Gasteiger partial charge in [-0.15, -0.1) is 0 Å². The number of fused-ring (bicyclic) bond motifs is 1. The lowest BCUT2D eigenvalue weighted by Gasteiger charge is -2.44. The maximum Gasteiger partial charge on any atom is 0.132 e. The number of anilines is 1.